The molecule has 5 nitrogen and oxygen atoms in total. The van der Waals surface area contributed by atoms with Gasteiger partial charge in [-0.3, -0.25) is 0 Å². The first kappa shape index (κ1) is 15.5. The highest BCUT2D eigenvalue weighted by atomic mass is 35.5. The van der Waals surface area contributed by atoms with Crippen LogP contribution in [0, 0.1) is 0 Å². The van der Waals surface area contributed by atoms with Gasteiger partial charge in [0.15, 0.2) is 0 Å². The zero-order valence-corrected chi connectivity index (χ0v) is 13.0. The van der Waals surface area contributed by atoms with Crippen LogP contribution in [0.15, 0.2) is 6.07 Å². The average molecular weight is 300 g/mol. The molecule has 0 bridgehead atoms. The van der Waals surface area contributed by atoms with Crippen LogP contribution in [-0.4, -0.2) is 47.5 Å². The van der Waals surface area contributed by atoms with Crippen molar-refractivity contribution in [3.05, 3.63) is 17.0 Å². The molecule has 0 saturated carbocycles. The highest BCUT2D eigenvalue weighted by Crippen LogP contribution is 2.25. The van der Waals surface area contributed by atoms with E-state index in [1.54, 1.807) is 6.07 Å². The number of halogens is 1. The third-order valence-electron chi connectivity index (χ3n) is 3.56. The van der Waals surface area contributed by atoms with Crippen LogP contribution in [0.4, 0.5) is 5.82 Å². The van der Waals surface area contributed by atoms with Crippen LogP contribution >= 0.6 is 11.6 Å². The molecule has 1 saturated heterocycles. The summed E-state index contributed by atoms with van der Waals surface area (Å²) in [5, 5.41) is 11.0. The number of aromatic nitrogens is 2. The van der Waals surface area contributed by atoms with E-state index in [1.165, 1.54) is 0 Å². The molecule has 0 radical (unpaired) electrons. The Morgan fingerprint density at radius 3 is 2.65 bits per heavy atom. The van der Waals surface area contributed by atoms with Gasteiger partial charge in [-0.2, -0.15) is 0 Å². The van der Waals surface area contributed by atoms with E-state index < -0.39 is 5.60 Å². The van der Waals surface area contributed by atoms with Crippen molar-refractivity contribution < 1.29 is 9.84 Å². The first-order valence-corrected chi connectivity index (χ1v) is 7.33. The van der Waals surface area contributed by atoms with Crippen molar-refractivity contribution in [3.63, 3.8) is 0 Å². The Bertz CT molecular complexity index is 462. The maximum atomic E-state index is 10.6. The lowest BCUT2D eigenvalue weighted by atomic mass is 9.94. The lowest BCUT2D eigenvalue weighted by Crippen LogP contribution is -2.46. The summed E-state index contributed by atoms with van der Waals surface area (Å²) in [6.07, 6.45) is 1.29. The van der Waals surface area contributed by atoms with Crippen molar-refractivity contribution >= 4 is 17.4 Å². The Labute approximate surface area is 124 Å². The number of rotatable bonds is 4. The van der Waals surface area contributed by atoms with E-state index in [9.17, 15) is 5.11 Å². The fourth-order valence-electron chi connectivity index (χ4n) is 2.31. The second kappa shape index (κ2) is 6.24. The van der Waals surface area contributed by atoms with Gasteiger partial charge in [0.1, 0.15) is 16.8 Å². The van der Waals surface area contributed by atoms with E-state index in [2.05, 4.69) is 9.97 Å². The first-order valence-electron chi connectivity index (χ1n) is 6.95. The number of anilines is 1. The van der Waals surface area contributed by atoms with Crippen molar-refractivity contribution in [2.75, 3.05) is 31.7 Å². The predicted octanol–water partition coefficient (Wildman–Crippen LogP) is 2.23. The van der Waals surface area contributed by atoms with Gasteiger partial charge in [0.2, 0.25) is 0 Å². The van der Waals surface area contributed by atoms with Crippen LogP contribution in [0.2, 0.25) is 5.15 Å². The summed E-state index contributed by atoms with van der Waals surface area (Å²) < 4.78 is 5.30. The second-order valence-corrected chi connectivity index (χ2v) is 6.14. The fraction of sp³-hybridized carbons (Fsp3) is 0.714. The molecule has 0 aliphatic carbocycles. The summed E-state index contributed by atoms with van der Waals surface area (Å²) >= 11 is 6.06. The lowest BCUT2D eigenvalue weighted by molar-refractivity contribution is -0.0573. The molecule has 0 amide bonds. The summed E-state index contributed by atoms with van der Waals surface area (Å²) in [6, 6.07) is 1.73. The van der Waals surface area contributed by atoms with Crippen molar-refractivity contribution in [1.82, 2.24) is 9.97 Å². The van der Waals surface area contributed by atoms with Gasteiger partial charge in [0.05, 0.1) is 5.60 Å². The van der Waals surface area contributed by atoms with Crippen LogP contribution in [0.3, 0.4) is 0 Å². The molecular formula is C14H22ClN3O2. The van der Waals surface area contributed by atoms with Crippen LogP contribution < -0.4 is 4.90 Å². The van der Waals surface area contributed by atoms with Gasteiger partial charge in [-0.05, 0) is 0 Å². The molecule has 20 heavy (non-hydrogen) atoms. The summed E-state index contributed by atoms with van der Waals surface area (Å²) in [5.41, 5.74) is -0.720. The fourth-order valence-corrected chi connectivity index (χ4v) is 2.49. The molecule has 2 heterocycles. The molecule has 0 spiro atoms. The predicted molar refractivity (Wildman–Crippen MR) is 79.4 cm³/mol. The van der Waals surface area contributed by atoms with Gasteiger partial charge < -0.3 is 14.7 Å². The minimum Gasteiger partial charge on any atom is -0.388 e. The Balaban J connectivity index is 2.14. The zero-order chi connectivity index (χ0) is 14.8. The monoisotopic (exact) mass is 299 g/mol. The smallest absolute Gasteiger partial charge is 0.135 e. The molecule has 1 aliphatic heterocycles. The van der Waals surface area contributed by atoms with E-state index >= 15 is 0 Å². The second-order valence-electron chi connectivity index (χ2n) is 5.75. The van der Waals surface area contributed by atoms with E-state index in [4.69, 9.17) is 16.3 Å². The lowest BCUT2D eigenvalue weighted by Gasteiger charge is -2.35. The van der Waals surface area contributed by atoms with E-state index in [0.717, 1.165) is 11.6 Å². The third-order valence-corrected chi connectivity index (χ3v) is 3.75. The van der Waals surface area contributed by atoms with Crippen molar-refractivity contribution in [2.24, 2.45) is 0 Å². The largest absolute Gasteiger partial charge is 0.388 e. The van der Waals surface area contributed by atoms with Crippen LogP contribution in [0.5, 0.6) is 0 Å². The van der Waals surface area contributed by atoms with E-state index in [-0.39, 0.29) is 5.92 Å². The molecule has 1 fully saturated rings. The number of likely N-dealkylation sites (N-methyl/N-ethyl adjacent to an activating group) is 1. The van der Waals surface area contributed by atoms with Crippen LogP contribution in [0.25, 0.3) is 0 Å². The number of hydrogen-bond acceptors (Lipinski definition) is 5. The minimum absolute atomic E-state index is 0.215. The van der Waals surface area contributed by atoms with Crippen molar-refractivity contribution in [2.45, 2.75) is 38.2 Å². The van der Waals surface area contributed by atoms with Gasteiger partial charge in [-0.1, -0.05) is 25.4 Å². The van der Waals surface area contributed by atoms with Crippen LogP contribution in [-0.2, 0) is 4.74 Å². The first-order chi connectivity index (χ1) is 9.39. The Kier molecular flexibility index (Phi) is 4.83. The number of hydrogen-bond donors (Lipinski definition) is 1. The summed E-state index contributed by atoms with van der Waals surface area (Å²) in [7, 11) is 1.91. The molecule has 0 aromatic carbocycles. The highest BCUT2D eigenvalue weighted by Gasteiger charge is 2.31. The summed E-state index contributed by atoms with van der Waals surface area (Å²) in [5.74, 6) is 1.68. The molecule has 1 N–H and O–H groups in total. The number of aliphatic hydroxyl groups is 1. The van der Waals surface area contributed by atoms with E-state index in [0.29, 0.717) is 37.8 Å². The number of ether oxygens (including phenoxy) is 1. The molecule has 0 unspecified atom stereocenters. The van der Waals surface area contributed by atoms with Gasteiger partial charge >= 0.3 is 0 Å². The summed E-state index contributed by atoms with van der Waals surface area (Å²) in [4.78, 5) is 10.7. The minimum atomic E-state index is -0.720. The maximum absolute atomic E-state index is 10.6. The highest BCUT2D eigenvalue weighted by molar-refractivity contribution is 6.29. The summed E-state index contributed by atoms with van der Waals surface area (Å²) in [6.45, 7) is 5.78. The van der Waals surface area contributed by atoms with Crippen molar-refractivity contribution in [3.8, 4) is 0 Å². The SMILES string of the molecule is CC(C)c1nc(Cl)cc(N(C)CC2(O)CCOCC2)n1. The van der Waals surface area contributed by atoms with Gasteiger partial charge in [-0.25, -0.2) is 9.97 Å². The molecule has 0 atom stereocenters. The molecule has 112 valence electrons. The third kappa shape index (κ3) is 3.81. The van der Waals surface area contributed by atoms with Crippen molar-refractivity contribution in [1.29, 1.82) is 0 Å². The molecule has 2 rings (SSSR count). The molecule has 1 aromatic heterocycles. The number of nitrogens with zero attached hydrogens (tertiary/aromatic N) is 3. The Morgan fingerprint density at radius 2 is 2.05 bits per heavy atom. The maximum Gasteiger partial charge on any atom is 0.135 e. The zero-order valence-electron chi connectivity index (χ0n) is 12.3. The van der Waals surface area contributed by atoms with Gasteiger partial charge in [-0.15, -0.1) is 0 Å². The Hall–Kier alpha value is -0.910. The molecule has 1 aromatic rings. The standard InChI is InChI=1S/C14H22ClN3O2/c1-10(2)13-16-11(15)8-12(17-13)18(3)9-14(19)4-6-20-7-5-14/h8,10,19H,4-7,9H2,1-3H3. The topological polar surface area (TPSA) is 58.5 Å². The van der Waals surface area contributed by atoms with E-state index in [1.807, 2.05) is 25.8 Å². The molecule has 1 aliphatic rings. The van der Waals surface area contributed by atoms with Gasteiger partial charge in [0, 0.05) is 51.6 Å². The molecule has 6 heteroatoms. The van der Waals surface area contributed by atoms with Crippen LogP contribution in [0.1, 0.15) is 38.4 Å². The molecular weight excluding hydrogens is 278 g/mol. The Morgan fingerprint density at radius 1 is 1.40 bits per heavy atom. The normalized spacial score (nSPS) is 18.3. The average Bonchev–Trinajstić information content (AvgIpc) is 2.38. The quantitative estimate of drug-likeness (QED) is 0.864. The van der Waals surface area contributed by atoms with Gasteiger partial charge in [0.25, 0.3) is 0 Å².